The van der Waals surface area contributed by atoms with Crippen molar-refractivity contribution in [2.24, 2.45) is 11.7 Å². The fraction of sp³-hybridized carbons (Fsp3) is 0.467. The van der Waals surface area contributed by atoms with Gasteiger partial charge in [-0.2, -0.15) is 0 Å². The van der Waals surface area contributed by atoms with E-state index in [9.17, 15) is 4.79 Å². The Morgan fingerprint density at radius 3 is 2.70 bits per heavy atom. The minimum atomic E-state index is -0.402. The van der Waals surface area contributed by atoms with Gasteiger partial charge < -0.3 is 10.3 Å². The monoisotopic (exact) mass is 293 g/mol. The predicted molar refractivity (Wildman–Crippen MR) is 82.0 cm³/mol. The van der Waals surface area contributed by atoms with Crippen molar-refractivity contribution in [1.82, 2.24) is 9.55 Å². The first kappa shape index (κ1) is 14.9. The average Bonchev–Trinajstić information content (AvgIpc) is 2.67. The van der Waals surface area contributed by atoms with E-state index in [4.69, 9.17) is 17.3 Å². The van der Waals surface area contributed by atoms with Crippen molar-refractivity contribution < 1.29 is 4.79 Å². The molecule has 1 amide bonds. The van der Waals surface area contributed by atoms with Crippen molar-refractivity contribution in [3.8, 4) is 0 Å². The van der Waals surface area contributed by atoms with Crippen molar-refractivity contribution in [1.29, 1.82) is 0 Å². The van der Waals surface area contributed by atoms with E-state index in [0.717, 1.165) is 22.4 Å². The molecule has 5 heteroatoms. The summed E-state index contributed by atoms with van der Waals surface area (Å²) in [6, 6.07) is 5.62. The highest BCUT2D eigenvalue weighted by Crippen LogP contribution is 2.27. The van der Waals surface area contributed by atoms with Crippen LogP contribution in [-0.4, -0.2) is 21.3 Å². The van der Waals surface area contributed by atoms with Gasteiger partial charge in [-0.05, 0) is 30.5 Å². The molecule has 0 fully saturated rings. The van der Waals surface area contributed by atoms with Crippen molar-refractivity contribution >= 4 is 28.5 Å². The molecule has 0 aliphatic rings. The number of nitrogens with zero attached hydrogens (tertiary/aromatic N) is 2. The van der Waals surface area contributed by atoms with Gasteiger partial charge in [-0.1, -0.05) is 19.9 Å². The van der Waals surface area contributed by atoms with Gasteiger partial charge in [0.25, 0.3) is 0 Å². The number of fused-ring (bicyclic) bond motifs is 1. The lowest BCUT2D eigenvalue weighted by atomic mass is 10.0. The molecule has 0 spiro atoms. The molecule has 2 rings (SSSR count). The van der Waals surface area contributed by atoms with Crippen LogP contribution in [0.1, 0.15) is 31.3 Å². The van der Waals surface area contributed by atoms with Gasteiger partial charge in [-0.3, -0.25) is 4.79 Å². The summed E-state index contributed by atoms with van der Waals surface area (Å²) in [4.78, 5) is 16.5. The Kier molecular flexibility index (Phi) is 4.33. The molecule has 0 aliphatic heterocycles. The molecule has 20 heavy (non-hydrogen) atoms. The highest BCUT2D eigenvalue weighted by molar-refractivity contribution is 6.17. The number of halogens is 1. The molecule has 108 valence electrons. The van der Waals surface area contributed by atoms with Gasteiger partial charge in [-0.25, -0.2) is 4.98 Å². The number of primary amides is 1. The average molecular weight is 294 g/mol. The Hall–Kier alpha value is -1.55. The first-order valence-corrected chi connectivity index (χ1v) is 7.32. The second-order valence-corrected chi connectivity index (χ2v) is 5.80. The number of nitrogens with two attached hydrogens (primary N) is 1. The van der Waals surface area contributed by atoms with Crippen LogP contribution < -0.4 is 5.73 Å². The van der Waals surface area contributed by atoms with Gasteiger partial charge in [0.1, 0.15) is 11.9 Å². The molecule has 0 aliphatic carbocycles. The Morgan fingerprint density at radius 1 is 1.45 bits per heavy atom. The van der Waals surface area contributed by atoms with E-state index in [-0.39, 0.29) is 11.8 Å². The highest BCUT2D eigenvalue weighted by Gasteiger charge is 2.26. The van der Waals surface area contributed by atoms with Gasteiger partial charge in [0.05, 0.1) is 11.0 Å². The third-order valence-electron chi connectivity index (χ3n) is 3.44. The zero-order valence-electron chi connectivity index (χ0n) is 12.1. The van der Waals surface area contributed by atoms with E-state index < -0.39 is 6.04 Å². The Morgan fingerprint density at radius 2 is 2.15 bits per heavy atom. The number of aromatic nitrogens is 2. The number of alkyl halides is 1. The molecule has 1 heterocycles. The van der Waals surface area contributed by atoms with Crippen LogP contribution in [0.25, 0.3) is 11.0 Å². The van der Waals surface area contributed by atoms with Crippen LogP contribution in [0, 0.1) is 12.8 Å². The number of benzene rings is 1. The Labute approximate surface area is 123 Å². The quantitative estimate of drug-likeness (QED) is 0.862. The maximum atomic E-state index is 11.8. The summed E-state index contributed by atoms with van der Waals surface area (Å²) >= 11 is 5.86. The molecule has 1 aromatic heterocycles. The number of aryl methyl sites for hydroxylation is 2. The zero-order valence-corrected chi connectivity index (χ0v) is 12.8. The summed E-state index contributed by atoms with van der Waals surface area (Å²) in [5, 5.41) is 0. The van der Waals surface area contributed by atoms with Crippen LogP contribution in [0.4, 0.5) is 0 Å². The Balaban J connectivity index is 2.70. The van der Waals surface area contributed by atoms with Crippen molar-refractivity contribution in [2.45, 2.75) is 33.2 Å². The molecule has 1 unspecified atom stereocenters. The number of amides is 1. The number of hydrogen-bond acceptors (Lipinski definition) is 2. The lowest BCUT2D eigenvalue weighted by molar-refractivity contribution is -0.122. The van der Waals surface area contributed by atoms with E-state index in [1.807, 2.05) is 43.5 Å². The van der Waals surface area contributed by atoms with Crippen molar-refractivity contribution in [3.63, 3.8) is 0 Å². The van der Waals surface area contributed by atoms with E-state index in [2.05, 4.69) is 4.98 Å². The van der Waals surface area contributed by atoms with Crippen molar-refractivity contribution in [2.75, 3.05) is 5.88 Å². The number of rotatable bonds is 5. The molecule has 0 radical (unpaired) electrons. The van der Waals surface area contributed by atoms with Gasteiger partial charge >= 0.3 is 0 Å². The Bertz CT molecular complexity index is 633. The molecule has 0 saturated carbocycles. The molecule has 4 nitrogen and oxygen atoms in total. The summed E-state index contributed by atoms with van der Waals surface area (Å²) in [5.41, 5.74) is 8.56. The first-order chi connectivity index (χ1) is 9.45. The largest absolute Gasteiger partial charge is 0.368 e. The zero-order chi connectivity index (χ0) is 14.9. The number of hydrogen-bond donors (Lipinski definition) is 1. The molecule has 2 aromatic rings. The molecule has 2 N–H and O–H groups in total. The summed E-state index contributed by atoms with van der Waals surface area (Å²) in [7, 11) is 0. The van der Waals surface area contributed by atoms with E-state index >= 15 is 0 Å². The maximum Gasteiger partial charge on any atom is 0.240 e. The summed E-state index contributed by atoms with van der Waals surface area (Å²) in [6.45, 7) is 5.99. The molecule has 0 saturated heterocycles. The summed E-state index contributed by atoms with van der Waals surface area (Å²) in [6.07, 6.45) is 0.617. The summed E-state index contributed by atoms with van der Waals surface area (Å²) < 4.78 is 1.95. The molecule has 1 atom stereocenters. The summed E-state index contributed by atoms with van der Waals surface area (Å²) in [5.74, 6) is 1.04. The van der Waals surface area contributed by atoms with E-state index in [0.29, 0.717) is 12.3 Å². The topological polar surface area (TPSA) is 60.9 Å². The third-order valence-corrected chi connectivity index (χ3v) is 3.63. The third kappa shape index (κ3) is 2.66. The van der Waals surface area contributed by atoms with Crippen LogP contribution in [0.5, 0.6) is 0 Å². The van der Waals surface area contributed by atoms with Gasteiger partial charge in [0.2, 0.25) is 5.91 Å². The van der Waals surface area contributed by atoms with Crippen LogP contribution >= 0.6 is 11.6 Å². The van der Waals surface area contributed by atoms with Gasteiger partial charge in [-0.15, -0.1) is 11.6 Å². The van der Waals surface area contributed by atoms with Crippen LogP contribution in [0.3, 0.4) is 0 Å². The second kappa shape index (κ2) is 5.83. The minimum Gasteiger partial charge on any atom is -0.368 e. The van der Waals surface area contributed by atoms with Crippen LogP contribution in [-0.2, 0) is 11.2 Å². The van der Waals surface area contributed by atoms with Gasteiger partial charge in [0.15, 0.2) is 0 Å². The maximum absolute atomic E-state index is 11.8. The molecule has 0 bridgehead atoms. The fourth-order valence-corrected chi connectivity index (χ4v) is 2.75. The number of carbonyl (C=O) groups excluding carboxylic acids is 1. The van der Waals surface area contributed by atoms with E-state index in [1.165, 1.54) is 0 Å². The predicted octanol–water partition coefficient (Wildman–Crippen LogP) is 2.81. The fourth-order valence-electron chi connectivity index (χ4n) is 2.58. The lowest BCUT2D eigenvalue weighted by Gasteiger charge is -2.22. The minimum absolute atomic E-state index is 0.0975. The van der Waals surface area contributed by atoms with Gasteiger partial charge in [0, 0.05) is 12.3 Å². The molecular formula is C15H20ClN3O. The SMILES string of the molecule is Cc1ccc2c(c1)nc(CCCl)n2C(C(N)=O)C(C)C. The molecule has 1 aromatic carbocycles. The van der Waals surface area contributed by atoms with Crippen LogP contribution in [0.2, 0.25) is 0 Å². The highest BCUT2D eigenvalue weighted by atomic mass is 35.5. The van der Waals surface area contributed by atoms with Crippen molar-refractivity contribution in [3.05, 3.63) is 29.6 Å². The standard InChI is InChI=1S/C15H20ClN3O/c1-9(2)14(15(17)20)19-12-5-4-10(3)8-11(12)18-13(19)6-7-16/h4-5,8-9,14H,6-7H2,1-3H3,(H2,17,20). The van der Waals surface area contributed by atoms with Crippen LogP contribution in [0.15, 0.2) is 18.2 Å². The first-order valence-electron chi connectivity index (χ1n) is 6.78. The number of carbonyl (C=O) groups is 1. The van der Waals surface area contributed by atoms with E-state index in [1.54, 1.807) is 0 Å². The number of imidazole rings is 1. The molecular weight excluding hydrogens is 274 g/mol. The normalized spacial score (nSPS) is 13.1. The second-order valence-electron chi connectivity index (χ2n) is 5.42. The smallest absolute Gasteiger partial charge is 0.240 e. The lowest BCUT2D eigenvalue weighted by Crippen LogP contribution is -2.31.